The van der Waals surface area contributed by atoms with Crippen LogP contribution < -0.4 is 15.5 Å². The number of esters is 4. The van der Waals surface area contributed by atoms with Crippen molar-refractivity contribution in [2.24, 2.45) is 0 Å². The maximum atomic E-state index is 15.1. The molecule has 2 rings (SSSR count). The number of phosphoric ester groups is 1. The van der Waals surface area contributed by atoms with Gasteiger partial charge in [-0.2, -0.15) is 0 Å². The van der Waals surface area contributed by atoms with Crippen LogP contribution in [0.3, 0.4) is 0 Å². The molecule has 24 nitrogen and oxygen atoms in total. The van der Waals surface area contributed by atoms with Crippen LogP contribution in [0.25, 0.3) is 0 Å². The van der Waals surface area contributed by atoms with E-state index >= 15 is 4.79 Å². The van der Waals surface area contributed by atoms with Crippen molar-refractivity contribution in [3.8, 4) is 0 Å². The molecular formula is C96H180N2O22P-. The van der Waals surface area contributed by atoms with E-state index in [9.17, 15) is 63.9 Å². The van der Waals surface area contributed by atoms with E-state index in [2.05, 4.69) is 52.2 Å². The van der Waals surface area contributed by atoms with Gasteiger partial charge in [-0.15, -0.1) is 0 Å². The van der Waals surface area contributed by atoms with E-state index in [0.717, 1.165) is 212 Å². The molecule has 0 spiro atoms. The SMILES string of the molecule is CCCCCCCCCCCCCC(=O)OC(CCCCCCCCCCC)CC(=O)NC1C(OCC2OC(O)C(NC(=O)CC(O)CCCCCCCCCCC)C(OC(=O)CC(O)CCCCCCCCCCC)C2O)OC(CO)C(OP(=O)([O-])O)C1OC(=O)CC(CCCCCCCCCCC)OC(=O)CCCCCCCCCCCCC. The quantitative estimate of drug-likeness (QED) is 0.0121. The summed E-state index contributed by atoms with van der Waals surface area (Å²) in [6.07, 6.45) is 40.2. The van der Waals surface area contributed by atoms with Gasteiger partial charge < -0.3 is 83.6 Å². The van der Waals surface area contributed by atoms with Crippen molar-refractivity contribution in [2.75, 3.05) is 13.2 Å². The predicted octanol–water partition coefficient (Wildman–Crippen LogP) is 20.6. The molecule has 2 saturated heterocycles. The number of phosphoric acid groups is 1. The number of hydrogen-bond acceptors (Lipinski definition) is 21. The highest BCUT2D eigenvalue weighted by molar-refractivity contribution is 7.44. The number of unbranched alkanes of at least 4 members (excludes halogenated alkanes) is 52. The van der Waals surface area contributed by atoms with E-state index in [0.29, 0.717) is 44.9 Å². The zero-order valence-electron chi connectivity index (χ0n) is 77.2. The van der Waals surface area contributed by atoms with E-state index in [-0.39, 0.29) is 32.1 Å². The van der Waals surface area contributed by atoms with E-state index in [1.165, 1.54) is 122 Å². The second kappa shape index (κ2) is 76.6. The largest absolute Gasteiger partial charge is 0.756 e. The van der Waals surface area contributed by atoms with Crippen LogP contribution in [0.15, 0.2) is 0 Å². The molecule has 0 aliphatic carbocycles. The van der Waals surface area contributed by atoms with Crippen molar-refractivity contribution in [3.05, 3.63) is 0 Å². The maximum Gasteiger partial charge on any atom is 0.310 e. The van der Waals surface area contributed by atoms with E-state index < -0.39 is 168 Å². The number of carbonyl (C=O) groups excluding carboxylic acids is 6. The molecule has 0 aromatic carbocycles. The lowest BCUT2D eigenvalue weighted by Crippen LogP contribution is -2.68. The first kappa shape index (κ1) is 114. The fourth-order valence-corrected chi connectivity index (χ4v) is 17.3. The summed E-state index contributed by atoms with van der Waals surface area (Å²) >= 11 is 0. The summed E-state index contributed by atoms with van der Waals surface area (Å²) in [4.78, 5) is 109. The Kier molecular flexibility index (Phi) is 72.0. The molecule has 712 valence electrons. The number of aliphatic hydroxyl groups is 5. The van der Waals surface area contributed by atoms with Gasteiger partial charge in [0.2, 0.25) is 11.8 Å². The van der Waals surface area contributed by atoms with Crippen LogP contribution in [0.2, 0.25) is 0 Å². The Balaban J connectivity index is 2.73. The number of rotatable bonds is 84. The van der Waals surface area contributed by atoms with Gasteiger partial charge in [-0.05, 0) is 51.4 Å². The highest BCUT2D eigenvalue weighted by Gasteiger charge is 2.53. The van der Waals surface area contributed by atoms with Crippen LogP contribution in [0.4, 0.5) is 0 Å². The first-order valence-corrected chi connectivity index (χ1v) is 51.5. The van der Waals surface area contributed by atoms with Crippen molar-refractivity contribution in [3.63, 3.8) is 0 Å². The molecule has 15 atom stereocenters. The van der Waals surface area contributed by atoms with Crippen LogP contribution >= 0.6 is 7.82 Å². The average Bonchev–Trinajstić information content (AvgIpc) is 0.777. The summed E-state index contributed by atoms with van der Waals surface area (Å²) in [5.74, 6) is -4.61. The third-order valence-electron chi connectivity index (χ3n) is 24.1. The molecule has 2 heterocycles. The molecule has 2 amide bonds. The van der Waals surface area contributed by atoms with Crippen LogP contribution in [-0.4, -0.2) is 165 Å². The molecule has 0 bridgehead atoms. The van der Waals surface area contributed by atoms with Gasteiger partial charge in [-0.3, -0.25) is 33.3 Å². The first-order chi connectivity index (χ1) is 58.6. The summed E-state index contributed by atoms with van der Waals surface area (Å²) in [6, 6.07) is -3.50. The summed E-state index contributed by atoms with van der Waals surface area (Å²) < 4.78 is 61.5. The third kappa shape index (κ3) is 60.9. The van der Waals surface area contributed by atoms with Crippen molar-refractivity contribution in [1.29, 1.82) is 0 Å². The molecule has 0 aromatic heterocycles. The van der Waals surface area contributed by atoms with Gasteiger partial charge in [0.1, 0.15) is 48.7 Å². The molecule has 2 aliphatic heterocycles. The van der Waals surface area contributed by atoms with Gasteiger partial charge in [0.15, 0.2) is 24.8 Å². The van der Waals surface area contributed by atoms with E-state index in [1.54, 1.807) is 0 Å². The van der Waals surface area contributed by atoms with Gasteiger partial charge in [0.25, 0.3) is 7.82 Å². The van der Waals surface area contributed by atoms with Gasteiger partial charge >= 0.3 is 23.9 Å². The minimum Gasteiger partial charge on any atom is -0.756 e. The molecule has 2 aliphatic rings. The van der Waals surface area contributed by atoms with Crippen LogP contribution in [0.1, 0.15) is 478 Å². The van der Waals surface area contributed by atoms with Gasteiger partial charge in [0.05, 0.1) is 51.1 Å². The molecule has 2 fully saturated rings. The minimum atomic E-state index is -5.87. The summed E-state index contributed by atoms with van der Waals surface area (Å²) in [6.45, 7) is 11.2. The highest BCUT2D eigenvalue weighted by atomic mass is 31.2. The molecule has 121 heavy (non-hydrogen) atoms. The summed E-state index contributed by atoms with van der Waals surface area (Å²) in [5.41, 5.74) is 0. The summed E-state index contributed by atoms with van der Waals surface area (Å²) in [5, 5.41) is 63.2. The number of nitrogens with one attached hydrogen (secondary N) is 2. The smallest absolute Gasteiger partial charge is 0.310 e. The van der Waals surface area contributed by atoms with Crippen LogP contribution in [0.5, 0.6) is 0 Å². The van der Waals surface area contributed by atoms with Crippen molar-refractivity contribution in [1.82, 2.24) is 10.6 Å². The Morgan fingerprint density at radius 3 is 1.03 bits per heavy atom. The maximum absolute atomic E-state index is 15.1. The number of aliphatic hydroxyl groups excluding tert-OH is 5. The lowest BCUT2D eigenvalue weighted by Gasteiger charge is -2.47. The second-order valence-corrected chi connectivity index (χ2v) is 36.8. The lowest BCUT2D eigenvalue weighted by atomic mass is 9.95. The normalized spacial score (nSPS) is 20.8. The van der Waals surface area contributed by atoms with Gasteiger partial charge in [-0.25, -0.2) is 0 Å². The first-order valence-electron chi connectivity index (χ1n) is 50.0. The second-order valence-electron chi connectivity index (χ2n) is 35.6. The molecule has 8 N–H and O–H groups in total. The number of hydrogen-bond donors (Lipinski definition) is 8. The van der Waals surface area contributed by atoms with Crippen molar-refractivity contribution < 1.29 is 106 Å². The Morgan fingerprint density at radius 2 is 0.669 bits per heavy atom. The van der Waals surface area contributed by atoms with Crippen molar-refractivity contribution >= 4 is 43.5 Å². The monoisotopic (exact) mass is 1740 g/mol. The topological polar surface area (TPSA) is 362 Å². The fourth-order valence-electron chi connectivity index (χ4n) is 16.7. The van der Waals surface area contributed by atoms with Gasteiger partial charge in [-0.1, -0.05) is 388 Å². The Morgan fingerprint density at radius 1 is 0.364 bits per heavy atom. The molecule has 0 radical (unpaired) electrons. The number of ether oxygens (including phenoxy) is 7. The standard InChI is InChI=1S/C96H181N2O22P/c1-7-13-19-25-31-37-39-45-51-57-63-69-85(104)114-79(67-61-55-49-43-35-29-23-17-11-5)73-84(103)98-90-94(119-88(107)74-80(68-62-56-50-44-36-30-24-18-12-6)115-86(105)70-64-58-52-46-40-38-32-26-20-14-8-2)92(120-121(110,111)112)81(75-99)117-96(90)113-76-82-91(108)93(118-87(106)72-78(101)66-60-54-48-42-34-28-22-16-10-4)89(95(109)116-82)97-83(102)71-77(100)65-59-53-47-41-33-27-21-15-9-3/h77-82,89-96,99-101,108-109H,7-76H2,1-6H3,(H,97,102)(H,98,103)(H2,110,111,112)/p-1. The Hall–Kier alpha value is -3.39. The minimum absolute atomic E-state index is 0.104. The van der Waals surface area contributed by atoms with Crippen LogP contribution in [-0.2, 0) is 71.0 Å². The summed E-state index contributed by atoms with van der Waals surface area (Å²) in [7, 11) is -5.87. The zero-order valence-corrected chi connectivity index (χ0v) is 78.1. The predicted molar refractivity (Wildman–Crippen MR) is 477 cm³/mol. The Labute approximate surface area is 733 Å². The third-order valence-corrected chi connectivity index (χ3v) is 24.6. The van der Waals surface area contributed by atoms with Crippen molar-refractivity contribution in [2.45, 2.75) is 564 Å². The van der Waals surface area contributed by atoms with E-state index in [1.807, 2.05) is 0 Å². The fraction of sp³-hybridized carbons (Fsp3) is 0.938. The lowest BCUT2D eigenvalue weighted by molar-refractivity contribution is -0.304. The zero-order chi connectivity index (χ0) is 88.6. The molecule has 15 unspecified atom stereocenters. The Bertz CT molecular complexity index is 2550. The van der Waals surface area contributed by atoms with Crippen LogP contribution in [0, 0.1) is 0 Å². The number of carbonyl (C=O) groups is 6. The highest BCUT2D eigenvalue weighted by Crippen LogP contribution is 2.40. The molecule has 25 heteroatoms. The number of amides is 2. The van der Waals surface area contributed by atoms with Gasteiger partial charge in [0, 0.05) is 12.8 Å². The average molecular weight is 1750 g/mol. The van der Waals surface area contributed by atoms with E-state index in [4.69, 9.17) is 37.7 Å². The molecular weight excluding hydrogens is 1560 g/mol. The molecule has 0 saturated carbocycles. The molecule has 0 aromatic rings.